The lowest BCUT2D eigenvalue weighted by Crippen LogP contribution is -2.08. The monoisotopic (exact) mass is 201 g/mol. The molecule has 0 amide bonds. The molecular formula is C13H15NO. The predicted octanol–water partition coefficient (Wildman–Crippen LogP) is 2.52. The molecule has 1 aromatic rings. The molecule has 0 saturated heterocycles. The van der Waals surface area contributed by atoms with Gasteiger partial charge in [0.1, 0.15) is 0 Å². The minimum atomic E-state index is 0.648. The van der Waals surface area contributed by atoms with Crippen LogP contribution in [0.5, 0.6) is 0 Å². The molecule has 78 valence electrons. The third kappa shape index (κ3) is 2.81. The van der Waals surface area contributed by atoms with Crippen molar-refractivity contribution in [3.63, 3.8) is 0 Å². The van der Waals surface area contributed by atoms with Crippen molar-refractivity contribution in [2.45, 2.75) is 0 Å². The number of allylic oxidation sites excluding steroid dienone is 3. The van der Waals surface area contributed by atoms with E-state index >= 15 is 0 Å². The van der Waals surface area contributed by atoms with Gasteiger partial charge in [-0.25, -0.2) is 0 Å². The Bertz CT molecular complexity index is 374. The summed E-state index contributed by atoms with van der Waals surface area (Å²) in [6, 6.07) is 7.82. The lowest BCUT2D eigenvalue weighted by molar-refractivity contribution is -0.103. The van der Waals surface area contributed by atoms with Crippen molar-refractivity contribution in [3.05, 3.63) is 48.6 Å². The second-order valence-corrected chi connectivity index (χ2v) is 3.42. The van der Waals surface area contributed by atoms with Gasteiger partial charge in [0.05, 0.1) is 0 Å². The summed E-state index contributed by atoms with van der Waals surface area (Å²) >= 11 is 0. The van der Waals surface area contributed by atoms with Crippen LogP contribution in [0.3, 0.4) is 0 Å². The summed E-state index contributed by atoms with van der Waals surface area (Å²) in [6.07, 6.45) is 4.16. The molecule has 1 rings (SSSR count). The molecule has 0 saturated carbocycles. The summed E-state index contributed by atoms with van der Waals surface area (Å²) in [5.41, 5.74) is 2.67. The minimum absolute atomic E-state index is 0.648. The topological polar surface area (TPSA) is 20.3 Å². The molecule has 0 fully saturated rings. The van der Waals surface area contributed by atoms with Gasteiger partial charge in [-0.15, -0.1) is 0 Å². The van der Waals surface area contributed by atoms with Gasteiger partial charge in [0.25, 0.3) is 0 Å². The SMILES string of the molecule is C=CC=C(C=O)c1ccc(N(C)C)cc1. The molecule has 0 bridgehead atoms. The number of hydrogen-bond acceptors (Lipinski definition) is 2. The van der Waals surface area contributed by atoms with Crippen LogP contribution in [0.1, 0.15) is 5.56 Å². The fourth-order valence-corrected chi connectivity index (χ4v) is 1.28. The molecule has 2 heteroatoms. The van der Waals surface area contributed by atoms with Gasteiger partial charge in [0.15, 0.2) is 6.29 Å². The highest BCUT2D eigenvalue weighted by atomic mass is 16.1. The van der Waals surface area contributed by atoms with E-state index < -0.39 is 0 Å². The maximum absolute atomic E-state index is 10.8. The van der Waals surface area contributed by atoms with Gasteiger partial charge in [0, 0.05) is 25.4 Å². The van der Waals surface area contributed by atoms with Gasteiger partial charge in [-0.2, -0.15) is 0 Å². The molecular weight excluding hydrogens is 186 g/mol. The van der Waals surface area contributed by atoms with E-state index in [1.165, 1.54) is 0 Å². The largest absolute Gasteiger partial charge is 0.378 e. The Morgan fingerprint density at radius 1 is 1.27 bits per heavy atom. The van der Waals surface area contributed by atoms with E-state index in [0.29, 0.717) is 5.57 Å². The Morgan fingerprint density at radius 2 is 1.87 bits per heavy atom. The van der Waals surface area contributed by atoms with Crippen molar-refractivity contribution in [1.82, 2.24) is 0 Å². The van der Waals surface area contributed by atoms with Crippen LogP contribution in [0.15, 0.2) is 43.0 Å². The number of hydrogen-bond donors (Lipinski definition) is 0. The molecule has 2 nitrogen and oxygen atoms in total. The molecule has 0 aromatic heterocycles. The van der Waals surface area contributed by atoms with Gasteiger partial charge in [0.2, 0.25) is 0 Å². The molecule has 0 radical (unpaired) electrons. The first-order valence-electron chi connectivity index (χ1n) is 4.74. The molecule has 15 heavy (non-hydrogen) atoms. The number of benzene rings is 1. The van der Waals surface area contributed by atoms with Crippen LogP contribution in [0.2, 0.25) is 0 Å². The minimum Gasteiger partial charge on any atom is -0.378 e. The van der Waals surface area contributed by atoms with E-state index in [1.807, 2.05) is 43.3 Å². The number of carbonyl (C=O) groups excluding carboxylic acids is 1. The van der Waals surface area contributed by atoms with Crippen LogP contribution >= 0.6 is 0 Å². The second kappa shape index (κ2) is 5.15. The van der Waals surface area contributed by atoms with E-state index in [9.17, 15) is 4.79 Å². The number of aldehydes is 1. The first-order chi connectivity index (χ1) is 7.19. The molecule has 1 aromatic carbocycles. The van der Waals surface area contributed by atoms with Crippen molar-refractivity contribution in [3.8, 4) is 0 Å². The Morgan fingerprint density at radius 3 is 2.27 bits per heavy atom. The molecule has 0 heterocycles. The van der Waals surface area contributed by atoms with Gasteiger partial charge < -0.3 is 4.90 Å². The van der Waals surface area contributed by atoms with E-state index in [-0.39, 0.29) is 0 Å². The van der Waals surface area contributed by atoms with Gasteiger partial charge in [-0.1, -0.05) is 30.9 Å². The quantitative estimate of drug-likeness (QED) is 0.424. The zero-order valence-electron chi connectivity index (χ0n) is 9.10. The summed E-state index contributed by atoms with van der Waals surface area (Å²) in [6.45, 7) is 3.58. The number of rotatable bonds is 4. The maximum Gasteiger partial charge on any atom is 0.150 e. The predicted molar refractivity (Wildman–Crippen MR) is 65.0 cm³/mol. The Balaban J connectivity index is 3.02. The summed E-state index contributed by atoms with van der Waals surface area (Å²) in [5, 5.41) is 0. The number of nitrogens with zero attached hydrogens (tertiary/aromatic N) is 1. The van der Waals surface area contributed by atoms with Crippen molar-refractivity contribution in [2.75, 3.05) is 19.0 Å². The zero-order chi connectivity index (χ0) is 11.3. The molecule has 0 unspecified atom stereocenters. The third-order valence-electron chi connectivity index (χ3n) is 2.14. The van der Waals surface area contributed by atoms with Crippen LogP contribution in [0.25, 0.3) is 5.57 Å². The van der Waals surface area contributed by atoms with Gasteiger partial charge in [-0.05, 0) is 17.7 Å². The molecule has 0 aliphatic carbocycles. The average molecular weight is 201 g/mol. The summed E-state index contributed by atoms with van der Waals surface area (Å²) < 4.78 is 0. The van der Waals surface area contributed by atoms with Crippen LogP contribution in [-0.4, -0.2) is 20.4 Å². The lowest BCUT2D eigenvalue weighted by Gasteiger charge is -2.12. The molecule has 0 spiro atoms. The van der Waals surface area contributed by atoms with Crippen molar-refractivity contribution < 1.29 is 4.79 Å². The lowest BCUT2D eigenvalue weighted by atomic mass is 10.1. The third-order valence-corrected chi connectivity index (χ3v) is 2.14. The smallest absolute Gasteiger partial charge is 0.150 e. The van der Waals surface area contributed by atoms with E-state index in [4.69, 9.17) is 0 Å². The van der Waals surface area contributed by atoms with E-state index in [1.54, 1.807) is 12.2 Å². The first-order valence-corrected chi connectivity index (χ1v) is 4.74. The Kier molecular flexibility index (Phi) is 3.86. The summed E-state index contributed by atoms with van der Waals surface area (Å²) in [5.74, 6) is 0. The zero-order valence-corrected chi connectivity index (χ0v) is 9.10. The Hall–Kier alpha value is -1.83. The van der Waals surface area contributed by atoms with E-state index in [2.05, 4.69) is 6.58 Å². The number of anilines is 1. The normalized spacial score (nSPS) is 10.9. The van der Waals surface area contributed by atoms with Crippen molar-refractivity contribution in [1.29, 1.82) is 0 Å². The van der Waals surface area contributed by atoms with Gasteiger partial charge in [-0.3, -0.25) is 4.79 Å². The average Bonchev–Trinajstić information content (AvgIpc) is 2.26. The highest BCUT2D eigenvalue weighted by molar-refractivity contribution is 6.07. The summed E-state index contributed by atoms with van der Waals surface area (Å²) in [4.78, 5) is 12.8. The van der Waals surface area contributed by atoms with Gasteiger partial charge >= 0.3 is 0 Å². The molecule has 0 aliphatic rings. The fourth-order valence-electron chi connectivity index (χ4n) is 1.28. The highest BCUT2D eigenvalue weighted by Gasteiger charge is 2.00. The molecule has 0 N–H and O–H groups in total. The molecule has 0 aliphatic heterocycles. The maximum atomic E-state index is 10.8. The Labute approximate surface area is 90.5 Å². The summed E-state index contributed by atoms with van der Waals surface area (Å²) in [7, 11) is 3.96. The van der Waals surface area contributed by atoms with E-state index in [0.717, 1.165) is 17.5 Å². The first kappa shape index (κ1) is 11.2. The number of carbonyl (C=O) groups is 1. The van der Waals surface area contributed by atoms with Crippen LogP contribution in [0.4, 0.5) is 5.69 Å². The van der Waals surface area contributed by atoms with Crippen molar-refractivity contribution in [2.24, 2.45) is 0 Å². The van der Waals surface area contributed by atoms with Crippen LogP contribution < -0.4 is 4.90 Å². The van der Waals surface area contributed by atoms with Crippen molar-refractivity contribution >= 4 is 17.5 Å². The standard InChI is InChI=1S/C13H15NO/c1-4-5-12(10-15)11-6-8-13(9-7-11)14(2)3/h4-10H,1H2,2-3H3. The van der Waals surface area contributed by atoms with Crippen LogP contribution in [0, 0.1) is 0 Å². The van der Waals surface area contributed by atoms with Crippen LogP contribution in [-0.2, 0) is 4.79 Å². The highest BCUT2D eigenvalue weighted by Crippen LogP contribution is 2.17. The fraction of sp³-hybridized carbons (Fsp3) is 0.154. The second-order valence-electron chi connectivity index (χ2n) is 3.42. The molecule has 0 atom stereocenters.